The van der Waals surface area contributed by atoms with Crippen molar-refractivity contribution in [1.29, 1.82) is 0 Å². The van der Waals surface area contributed by atoms with E-state index in [2.05, 4.69) is 10.2 Å². The van der Waals surface area contributed by atoms with Crippen molar-refractivity contribution in [1.82, 2.24) is 10.2 Å². The average molecular weight is 191 g/mol. The van der Waals surface area contributed by atoms with Crippen LogP contribution >= 0.6 is 0 Å². The van der Waals surface area contributed by atoms with Crippen molar-refractivity contribution in [3.63, 3.8) is 0 Å². The molecule has 14 heavy (non-hydrogen) atoms. The molecule has 0 fully saturated rings. The van der Waals surface area contributed by atoms with Crippen LogP contribution in [0.1, 0.15) is 0 Å². The lowest BCUT2D eigenvalue weighted by Crippen LogP contribution is -1.87. The number of rotatable bonds is 1. The van der Waals surface area contributed by atoms with E-state index in [1.165, 1.54) is 24.4 Å². The van der Waals surface area contributed by atoms with Crippen LogP contribution < -0.4 is 5.73 Å². The van der Waals surface area contributed by atoms with Gasteiger partial charge in [-0.15, -0.1) is 0 Å². The van der Waals surface area contributed by atoms with Gasteiger partial charge in [-0.2, -0.15) is 5.10 Å². The Morgan fingerprint density at radius 2 is 2.00 bits per heavy atom. The fourth-order valence-corrected chi connectivity index (χ4v) is 1.25. The molecule has 0 unspecified atom stereocenters. The zero-order valence-corrected chi connectivity index (χ0v) is 7.23. The van der Waals surface area contributed by atoms with Gasteiger partial charge < -0.3 is 15.9 Å². The summed E-state index contributed by atoms with van der Waals surface area (Å²) >= 11 is 0. The molecule has 1 heterocycles. The average Bonchev–Trinajstić information content (AvgIpc) is 2.56. The maximum atomic E-state index is 9.52. The van der Waals surface area contributed by atoms with Crippen molar-refractivity contribution in [2.45, 2.75) is 0 Å². The lowest BCUT2D eigenvalue weighted by atomic mass is 10.1. The SMILES string of the molecule is Nc1[nH]ncc1-c1cc(O)ccc1O. The van der Waals surface area contributed by atoms with Crippen molar-refractivity contribution in [2.24, 2.45) is 0 Å². The summed E-state index contributed by atoms with van der Waals surface area (Å²) in [6.45, 7) is 0. The van der Waals surface area contributed by atoms with Crippen molar-refractivity contribution in [3.05, 3.63) is 24.4 Å². The summed E-state index contributed by atoms with van der Waals surface area (Å²) in [5.74, 6) is 0.472. The third-order valence-electron chi connectivity index (χ3n) is 1.94. The number of nitrogens with two attached hydrogens (primary N) is 1. The topological polar surface area (TPSA) is 95.2 Å². The zero-order chi connectivity index (χ0) is 10.1. The number of hydrogen-bond acceptors (Lipinski definition) is 4. The van der Waals surface area contributed by atoms with Crippen LogP contribution in [0, 0.1) is 0 Å². The minimum Gasteiger partial charge on any atom is -0.508 e. The van der Waals surface area contributed by atoms with Gasteiger partial charge in [0.15, 0.2) is 0 Å². The second kappa shape index (κ2) is 2.95. The smallest absolute Gasteiger partial charge is 0.126 e. The molecule has 1 aromatic heterocycles. The first-order valence-electron chi connectivity index (χ1n) is 3.99. The standard InChI is InChI=1S/C9H9N3O2/c10-9-7(4-11-12-9)6-3-5(13)1-2-8(6)14/h1-4,13-14H,(H3,10,11,12). The van der Waals surface area contributed by atoms with Crippen molar-refractivity contribution in [3.8, 4) is 22.6 Å². The predicted molar refractivity (Wildman–Crippen MR) is 51.8 cm³/mol. The molecular weight excluding hydrogens is 182 g/mol. The van der Waals surface area contributed by atoms with Gasteiger partial charge in [-0.25, -0.2) is 0 Å². The number of aromatic nitrogens is 2. The van der Waals surface area contributed by atoms with Crippen molar-refractivity contribution in [2.75, 3.05) is 5.73 Å². The Balaban J connectivity index is 2.62. The minimum absolute atomic E-state index is 0.0518. The van der Waals surface area contributed by atoms with E-state index >= 15 is 0 Å². The van der Waals surface area contributed by atoms with Gasteiger partial charge in [0.25, 0.3) is 0 Å². The number of phenols is 2. The first-order valence-corrected chi connectivity index (χ1v) is 3.99. The first kappa shape index (κ1) is 8.43. The summed E-state index contributed by atoms with van der Waals surface area (Å²) in [5.41, 5.74) is 6.60. The lowest BCUT2D eigenvalue weighted by molar-refractivity contribution is 0.462. The van der Waals surface area contributed by atoms with Crippen LogP contribution in [0.5, 0.6) is 11.5 Å². The maximum absolute atomic E-state index is 9.52. The summed E-state index contributed by atoms with van der Waals surface area (Å²) < 4.78 is 0. The summed E-state index contributed by atoms with van der Waals surface area (Å²) in [7, 11) is 0. The molecule has 1 aromatic carbocycles. The van der Waals surface area contributed by atoms with E-state index in [0.29, 0.717) is 16.9 Å². The van der Waals surface area contributed by atoms with E-state index in [-0.39, 0.29) is 11.5 Å². The zero-order valence-electron chi connectivity index (χ0n) is 7.23. The fraction of sp³-hybridized carbons (Fsp3) is 0. The lowest BCUT2D eigenvalue weighted by Gasteiger charge is -2.03. The molecule has 0 saturated carbocycles. The molecule has 0 amide bonds. The van der Waals surface area contributed by atoms with Crippen LogP contribution in [0.2, 0.25) is 0 Å². The van der Waals surface area contributed by atoms with Crippen LogP contribution in [0.15, 0.2) is 24.4 Å². The Morgan fingerprint density at radius 1 is 1.21 bits per heavy atom. The molecule has 0 radical (unpaired) electrons. The molecule has 2 rings (SSSR count). The van der Waals surface area contributed by atoms with Crippen LogP contribution in [0.3, 0.4) is 0 Å². The Bertz CT molecular complexity index is 465. The normalized spacial score (nSPS) is 10.3. The van der Waals surface area contributed by atoms with E-state index in [9.17, 15) is 10.2 Å². The number of aromatic hydroxyl groups is 2. The number of nitrogens with zero attached hydrogens (tertiary/aromatic N) is 1. The molecule has 0 aliphatic rings. The van der Waals surface area contributed by atoms with E-state index in [1.807, 2.05) is 0 Å². The molecule has 0 aliphatic heterocycles. The highest BCUT2D eigenvalue weighted by molar-refractivity contribution is 5.78. The van der Waals surface area contributed by atoms with Crippen LogP contribution in [-0.2, 0) is 0 Å². The molecule has 2 aromatic rings. The van der Waals surface area contributed by atoms with Crippen LogP contribution in [0.4, 0.5) is 5.82 Å². The third kappa shape index (κ3) is 1.24. The molecule has 5 nitrogen and oxygen atoms in total. The van der Waals surface area contributed by atoms with E-state index < -0.39 is 0 Å². The van der Waals surface area contributed by atoms with Gasteiger partial charge in [-0.3, -0.25) is 5.10 Å². The number of nitrogen functional groups attached to an aromatic ring is 1. The summed E-state index contributed by atoms with van der Waals surface area (Å²) in [6.07, 6.45) is 1.49. The van der Waals surface area contributed by atoms with E-state index in [4.69, 9.17) is 5.73 Å². The molecule has 5 N–H and O–H groups in total. The molecule has 0 aliphatic carbocycles. The Morgan fingerprint density at radius 3 is 2.64 bits per heavy atom. The minimum atomic E-state index is 0.0518. The van der Waals surface area contributed by atoms with E-state index in [0.717, 1.165) is 0 Å². The molecule has 72 valence electrons. The van der Waals surface area contributed by atoms with Gasteiger partial charge in [0.1, 0.15) is 17.3 Å². The maximum Gasteiger partial charge on any atom is 0.126 e. The number of nitrogens with one attached hydrogen (secondary N) is 1. The highest BCUT2D eigenvalue weighted by atomic mass is 16.3. The first-order chi connectivity index (χ1) is 6.68. The number of aromatic amines is 1. The molecular formula is C9H9N3O2. The number of hydrogen-bond donors (Lipinski definition) is 4. The molecule has 0 atom stereocenters. The summed E-state index contributed by atoms with van der Waals surface area (Å²) in [5, 5.41) is 25.0. The number of phenolic OH excluding ortho intramolecular Hbond substituents is 2. The Labute approximate surface area is 79.8 Å². The third-order valence-corrected chi connectivity index (χ3v) is 1.94. The monoisotopic (exact) mass is 191 g/mol. The number of anilines is 1. The van der Waals surface area contributed by atoms with Crippen molar-refractivity contribution < 1.29 is 10.2 Å². The Hall–Kier alpha value is -2.17. The van der Waals surface area contributed by atoms with Crippen LogP contribution in [0.25, 0.3) is 11.1 Å². The fourth-order valence-electron chi connectivity index (χ4n) is 1.25. The van der Waals surface area contributed by atoms with Crippen LogP contribution in [-0.4, -0.2) is 20.4 Å². The van der Waals surface area contributed by atoms with Gasteiger partial charge in [-0.05, 0) is 18.2 Å². The highest BCUT2D eigenvalue weighted by Crippen LogP contribution is 2.34. The predicted octanol–water partition coefficient (Wildman–Crippen LogP) is 1.07. The quantitative estimate of drug-likeness (QED) is 0.507. The Kier molecular flexibility index (Phi) is 1.78. The summed E-state index contributed by atoms with van der Waals surface area (Å²) in [6, 6.07) is 4.22. The molecule has 0 spiro atoms. The van der Waals surface area contributed by atoms with Gasteiger partial charge in [-0.1, -0.05) is 0 Å². The molecule has 0 bridgehead atoms. The largest absolute Gasteiger partial charge is 0.508 e. The van der Waals surface area contributed by atoms with Gasteiger partial charge in [0.2, 0.25) is 0 Å². The second-order valence-corrected chi connectivity index (χ2v) is 2.90. The number of benzene rings is 1. The van der Waals surface area contributed by atoms with Gasteiger partial charge >= 0.3 is 0 Å². The molecule has 5 heteroatoms. The molecule has 0 saturated heterocycles. The van der Waals surface area contributed by atoms with E-state index in [1.54, 1.807) is 0 Å². The summed E-state index contributed by atoms with van der Waals surface area (Å²) in [4.78, 5) is 0. The van der Waals surface area contributed by atoms with Crippen molar-refractivity contribution >= 4 is 5.82 Å². The second-order valence-electron chi connectivity index (χ2n) is 2.90. The van der Waals surface area contributed by atoms with Gasteiger partial charge in [0.05, 0.1) is 6.20 Å². The highest BCUT2D eigenvalue weighted by Gasteiger charge is 2.09. The van der Waals surface area contributed by atoms with Gasteiger partial charge in [0, 0.05) is 11.1 Å². The number of H-pyrrole nitrogens is 1.